The van der Waals surface area contributed by atoms with Crippen molar-refractivity contribution in [3.8, 4) is 0 Å². The first-order valence-electron chi connectivity index (χ1n) is 7.60. The smallest absolute Gasteiger partial charge is 0.176 e. The molecule has 1 fully saturated rings. The molecule has 0 amide bonds. The van der Waals surface area contributed by atoms with Crippen LogP contribution in [-0.4, -0.2) is 29.8 Å². The summed E-state index contributed by atoms with van der Waals surface area (Å²) in [5.74, 6) is 0.267. The Morgan fingerprint density at radius 2 is 1.95 bits per heavy atom. The molecule has 1 aliphatic rings. The molecule has 2 nitrogen and oxygen atoms in total. The van der Waals surface area contributed by atoms with Crippen LogP contribution in [0.25, 0.3) is 0 Å². The summed E-state index contributed by atoms with van der Waals surface area (Å²) in [5.41, 5.74) is 2.15. The molecule has 0 N–H and O–H groups in total. The molecule has 1 aromatic rings. The maximum Gasteiger partial charge on any atom is 0.176 e. The van der Waals surface area contributed by atoms with Crippen molar-refractivity contribution in [2.24, 2.45) is 0 Å². The Hall–Kier alpha value is -1.15. The number of piperidine rings is 1. The van der Waals surface area contributed by atoms with E-state index >= 15 is 0 Å². The first-order valence-corrected chi connectivity index (χ1v) is 7.60. The normalized spacial score (nSPS) is 20.4. The van der Waals surface area contributed by atoms with E-state index in [2.05, 4.69) is 30.9 Å². The van der Waals surface area contributed by atoms with Crippen molar-refractivity contribution in [1.29, 1.82) is 0 Å². The van der Waals surface area contributed by atoms with E-state index < -0.39 is 0 Å². The van der Waals surface area contributed by atoms with Crippen molar-refractivity contribution in [2.45, 2.75) is 52.0 Å². The van der Waals surface area contributed by atoms with Gasteiger partial charge in [-0.1, -0.05) is 44.5 Å². The average Bonchev–Trinajstić information content (AvgIpc) is 2.48. The van der Waals surface area contributed by atoms with Gasteiger partial charge in [-0.15, -0.1) is 0 Å². The molecule has 2 heteroatoms. The van der Waals surface area contributed by atoms with E-state index in [9.17, 15) is 4.79 Å². The largest absolute Gasteiger partial charge is 0.293 e. The van der Waals surface area contributed by atoms with Crippen LogP contribution in [0.4, 0.5) is 0 Å². The minimum Gasteiger partial charge on any atom is -0.293 e. The van der Waals surface area contributed by atoms with Crippen molar-refractivity contribution in [3.63, 3.8) is 0 Å². The molecule has 104 valence electrons. The summed E-state index contributed by atoms with van der Waals surface area (Å²) in [4.78, 5) is 14.7. The van der Waals surface area contributed by atoms with E-state index in [1.165, 1.54) is 24.8 Å². The lowest BCUT2D eigenvalue weighted by atomic mass is 9.98. The molecule has 1 aromatic carbocycles. The molecular weight excluding hydrogens is 234 g/mol. The second-order valence-corrected chi connectivity index (χ2v) is 5.50. The molecule has 1 unspecified atom stereocenters. The topological polar surface area (TPSA) is 20.3 Å². The number of likely N-dealkylation sites (tertiary alicyclic amines) is 1. The summed E-state index contributed by atoms with van der Waals surface area (Å²) in [7, 11) is 0. The number of Topliss-reactive ketones (excluding diaryl/α,β-unsaturated/α-hetero) is 1. The number of ketones is 1. The summed E-state index contributed by atoms with van der Waals surface area (Å²) < 4.78 is 0. The highest BCUT2D eigenvalue weighted by atomic mass is 16.1. The van der Waals surface area contributed by atoms with Crippen molar-refractivity contribution in [3.05, 3.63) is 35.4 Å². The van der Waals surface area contributed by atoms with Gasteiger partial charge >= 0.3 is 0 Å². The number of aryl methyl sites for hydroxylation is 1. The number of nitrogens with zero attached hydrogens (tertiary/aromatic N) is 1. The highest BCUT2D eigenvalue weighted by Crippen LogP contribution is 2.19. The number of hydrogen-bond donors (Lipinski definition) is 0. The lowest BCUT2D eigenvalue weighted by molar-refractivity contribution is 0.0838. The third kappa shape index (κ3) is 3.66. The van der Waals surface area contributed by atoms with E-state index in [0.29, 0.717) is 12.6 Å². The third-order valence-electron chi connectivity index (χ3n) is 4.25. The van der Waals surface area contributed by atoms with Gasteiger partial charge in [0, 0.05) is 11.6 Å². The molecule has 2 rings (SSSR count). The Labute approximate surface area is 116 Å². The van der Waals surface area contributed by atoms with Crippen molar-refractivity contribution in [1.82, 2.24) is 4.90 Å². The van der Waals surface area contributed by atoms with Crippen LogP contribution in [0.1, 0.15) is 55.5 Å². The predicted octanol–water partition coefficient (Wildman–Crippen LogP) is 3.70. The van der Waals surface area contributed by atoms with Crippen molar-refractivity contribution < 1.29 is 4.79 Å². The fraction of sp³-hybridized carbons (Fsp3) is 0.588. The van der Waals surface area contributed by atoms with Gasteiger partial charge in [-0.2, -0.15) is 0 Å². The molecule has 0 saturated carbocycles. The molecule has 0 bridgehead atoms. The molecule has 19 heavy (non-hydrogen) atoms. The number of carbonyl (C=O) groups excluding carboxylic acids is 1. The Morgan fingerprint density at radius 1 is 1.21 bits per heavy atom. The molecule has 1 atom stereocenters. The van der Waals surface area contributed by atoms with Crippen LogP contribution in [0, 0.1) is 0 Å². The first-order chi connectivity index (χ1) is 9.24. The molecule has 0 aliphatic carbocycles. The third-order valence-corrected chi connectivity index (χ3v) is 4.25. The van der Waals surface area contributed by atoms with Gasteiger partial charge < -0.3 is 0 Å². The zero-order chi connectivity index (χ0) is 13.7. The summed E-state index contributed by atoms with van der Waals surface area (Å²) in [6.45, 7) is 6.03. The standard InChI is InChI=1S/C17H25NO/c1-3-14-8-10-15(11-9-14)17(19)13-18-12-6-5-7-16(18)4-2/h8-11,16H,3-7,12-13H2,1-2H3. The Morgan fingerprint density at radius 3 is 2.58 bits per heavy atom. The second kappa shape index (κ2) is 6.85. The predicted molar refractivity (Wildman–Crippen MR) is 79.7 cm³/mol. The van der Waals surface area contributed by atoms with Crippen LogP contribution >= 0.6 is 0 Å². The van der Waals surface area contributed by atoms with Crippen molar-refractivity contribution in [2.75, 3.05) is 13.1 Å². The van der Waals surface area contributed by atoms with E-state index in [1.54, 1.807) is 0 Å². The lowest BCUT2D eigenvalue weighted by Crippen LogP contribution is -2.42. The summed E-state index contributed by atoms with van der Waals surface area (Å²) in [5, 5.41) is 0. The lowest BCUT2D eigenvalue weighted by Gasteiger charge is -2.34. The molecule has 0 aromatic heterocycles. The van der Waals surface area contributed by atoms with Crippen LogP contribution in [0.3, 0.4) is 0 Å². The fourth-order valence-corrected chi connectivity index (χ4v) is 2.93. The molecular formula is C17H25NO. The molecule has 0 radical (unpaired) electrons. The van der Waals surface area contributed by atoms with Gasteiger partial charge in [-0.25, -0.2) is 0 Å². The number of carbonyl (C=O) groups is 1. The number of hydrogen-bond acceptors (Lipinski definition) is 2. The number of benzene rings is 1. The maximum absolute atomic E-state index is 12.3. The van der Waals surface area contributed by atoms with Crippen LogP contribution in [0.2, 0.25) is 0 Å². The van der Waals surface area contributed by atoms with Crippen LogP contribution in [-0.2, 0) is 6.42 Å². The van der Waals surface area contributed by atoms with E-state index in [-0.39, 0.29) is 5.78 Å². The number of rotatable bonds is 5. The summed E-state index contributed by atoms with van der Waals surface area (Å²) in [6, 6.07) is 8.70. The van der Waals surface area contributed by atoms with Crippen LogP contribution in [0.5, 0.6) is 0 Å². The zero-order valence-corrected chi connectivity index (χ0v) is 12.2. The summed E-state index contributed by atoms with van der Waals surface area (Å²) in [6.07, 6.45) is 5.98. The van der Waals surface area contributed by atoms with Gasteiger partial charge in [0.25, 0.3) is 0 Å². The van der Waals surface area contributed by atoms with Gasteiger partial charge in [0.1, 0.15) is 0 Å². The quantitative estimate of drug-likeness (QED) is 0.752. The van der Waals surface area contributed by atoms with Gasteiger partial charge in [0.2, 0.25) is 0 Å². The van der Waals surface area contributed by atoms with Gasteiger partial charge in [0.15, 0.2) is 5.78 Å². The van der Waals surface area contributed by atoms with E-state index in [0.717, 1.165) is 24.9 Å². The van der Waals surface area contributed by atoms with E-state index in [1.807, 2.05) is 12.1 Å². The average molecular weight is 259 g/mol. The van der Waals surface area contributed by atoms with Crippen LogP contribution < -0.4 is 0 Å². The minimum absolute atomic E-state index is 0.267. The monoisotopic (exact) mass is 259 g/mol. The second-order valence-electron chi connectivity index (χ2n) is 5.50. The van der Waals surface area contributed by atoms with E-state index in [4.69, 9.17) is 0 Å². The van der Waals surface area contributed by atoms with Gasteiger partial charge in [-0.3, -0.25) is 9.69 Å². The van der Waals surface area contributed by atoms with Gasteiger partial charge in [-0.05, 0) is 37.8 Å². The highest BCUT2D eigenvalue weighted by molar-refractivity contribution is 5.97. The summed E-state index contributed by atoms with van der Waals surface area (Å²) >= 11 is 0. The van der Waals surface area contributed by atoms with Gasteiger partial charge in [0.05, 0.1) is 6.54 Å². The Balaban J connectivity index is 1.98. The SMILES string of the molecule is CCc1ccc(C(=O)CN2CCCCC2CC)cc1. The molecule has 0 spiro atoms. The zero-order valence-electron chi connectivity index (χ0n) is 12.2. The molecule has 1 heterocycles. The van der Waals surface area contributed by atoms with Crippen molar-refractivity contribution >= 4 is 5.78 Å². The first kappa shape index (κ1) is 14.3. The Bertz CT molecular complexity index is 410. The molecule has 1 aliphatic heterocycles. The fourth-order valence-electron chi connectivity index (χ4n) is 2.93. The molecule has 1 saturated heterocycles. The van der Waals surface area contributed by atoms with Crippen LogP contribution in [0.15, 0.2) is 24.3 Å². The maximum atomic E-state index is 12.3. The minimum atomic E-state index is 0.267. The highest BCUT2D eigenvalue weighted by Gasteiger charge is 2.22. The Kier molecular flexibility index (Phi) is 5.15.